The van der Waals surface area contributed by atoms with Gasteiger partial charge in [0.15, 0.2) is 0 Å². The molecule has 23 heavy (non-hydrogen) atoms. The predicted molar refractivity (Wildman–Crippen MR) is 84.5 cm³/mol. The van der Waals surface area contributed by atoms with E-state index in [1.165, 1.54) is 0 Å². The highest BCUT2D eigenvalue weighted by Crippen LogP contribution is 2.19. The average molecular weight is 312 g/mol. The molecular formula is C16H20N6O. The van der Waals surface area contributed by atoms with Crippen molar-refractivity contribution in [3.05, 3.63) is 35.7 Å². The molecule has 1 N–H and O–H groups in total. The Bertz CT molecular complexity index is 675. The fourth-order valence-electron chi connectivity index (χ4n) is 2.72. The molecule has 3 heterocycles. The standard InChI is InChI=1S/C16H20N6O/c1-2-15-20-21-16(23-15)11-22-6-5-13(10-22)9-19-14-4-3-12(7-17)8-18-14/h3-4,8,13H,2,5-6,9-11H2,1H3,(H,18,19)/t13-/m1/s1. The molecule has 0 amide bonds. The molecule has 1 atom stereocenters. The Kier molecular flexibility index (Phi) is 4.83. The quantitative estimate of drug-likeness (QED) is 0.870. The number of anilines is 1. The molecule has 0 aliphatic carbocycles. The number of nitriles is 1. The van der Waals surface area contributed by atoms with Crippen molar-refractivity contribution in [3.63, 3.8) is 0 Å². The molecule has 7 heteroatoms. The van der Waals surface area contributed by atoms with Crippen molar-refractivity contribution in [2.75, 3.05) is 25.0 Å². The van der Waals surface area contributed by atoms with Gasteiger partial charge in [-0.25, -0.2) is 4.98 Å². The Morgan fingerprint density at radius 3 is 2.96 bits per heavy atom. The highest BCUT2D eigenvalue weighted by atomic mass is 16.4. The number of aromatic nitrogens is 3. The number of rotatable bonds is 6. The number of aryl methyl sites for hydroxylation is 1. The largest absolute Gasteiger partial charge is 0.424 e. The summed E-state index contributed by atoms with van der Waals surface area (Å²) in [7, 11) is 0. The Morgan fingerprint density at radius 1 is 1.39 bits per heavy atom. The third-order valence-corrected chi connectivity index (χ3v) is 4.00. The molecule has 1 saturated heterocycles. The minimum Gasteiger partial charge on any atom is -0.424 e. The summed E-state index contributed by atoms with van der Waals surface area (Å²) in [4.78, 5) is 6.57. The van der Waals surface area contributed by atoms with Gasteiger partial charge in [0.05, 0.1) is 12.1 Å². The molecule has 3 rings (SSSR count). The molecule has 1 fully saturated rings. The van der Waals surface area contributed by atoms with Crippen molar-refractivity contribution in [1.82, 2.24) is 20.1 Å². The van der Waals surface area contributed by atoms with Crippen LogP contribution in [0.4, 0.5) is 5.82 Å². The zero-order chi connectivity index (χ0) is 16.1. The summed E-state index contributed by atoms with van der Waals surface area (Å²) in [5.74, 6) is 2.78. The van der Waals surface area contributed by atoms with Crippen molar-refractivity contribution >= 4 is 5.82 Å². The fourth-order valence-corrected chi connectivity index (χ4v) is 2.72. The van der Waals surface area contributed by atoms with E-state index in [1.54, 1.807) is 12.3 Å². The average Bonchev–Trinajstić information content (AvgIpc) is 3.23. The van der Waals surface area contributed by atoms with Crippen LogP contribution in [0, 0.1) is 17.2 Å². The van der Waals surface area contributed by atoms with Crippen molar-refractivity contribution in [2.24, 2.45) is 5.92 Å². The lowest BCUT2D eigenvalue weighted by atomic mass is 10.1. The first kappa shape index (κ1) is 15.4. The number of hydrogen-bond donors (Lipinski definition) is 1. The molecule has 0 radical (unpaired) electrons. The molecule has 2 aromatic rings. The lowest BCUT2D eigenvalue weighted by Crippen LogP contribution is -2.23. The molecule has 0 unspecified atom stereocenters. The van der Waals surface area contributed by atoms with Gasteiger partial charge in [0.25, 0.3) is 0 Å². The number of hydrogen-bond acceptors (Lipinski definition) is 7. The minimum atomic E-state index is 0.570. The minimum absolute atomic E-state index is 0.570. The van der Waals surface area contributed by atoms with E-state index in [0.29, 0.717) is 23.3 Å². The number of pyridine rings is 1. The van der Waals surface area contributed by atoms with E-state index in [9.17, 15) is 0 Å². The van der Waals surface area contributed by atoms with Crippen LogP contribution in [0.1, 0.15) is 30.7 Å². The second kappa shape index (κ2) is 7.20. The number of likely N-dealkylation sites (tertiary alicyclic amines) is 1. The first-order chi connectivity index (χ1) is 11.3. The van der Waals surface area contributed by atoms with E-state index >= 15 is 0 Å². The highest BCUT2D eigenvalue weighted by molar-refractivity contribution is 5.38. The maximum absolute atomic E-state index is 8.77. The van der Waals surface area contributed by atoms with Crippen molar-refractivity contribution in [1.29, 1.82) is 5.26 Å². The van der Waals surface area contributed by atoms with Gasteiger partial charge in [0.2, 0.25) is 11.8 Å². The van der Waals surface area contributed by atoms with Crippen LogP contribution >= 0.6 is 0 Å². The summed E-state index contributed by atoms with van der Waals surface area (Å²) in [5.41, 5.74) is 0.577. The second-order valence-electron chi connectivity index (χ2n) is 5.76. The van der Waals surface area contributed by atoms with Gasteiger partial charge < -0.3 is 9.73 Å². The molecular weight excluding hydrogens is 292 g/mol. The summed E-state index contributed by atoms with van der Waals surface area (Å²) in [6, 6.07) is 5.69. The molecule has 0 spiro atoms. The summed E-state index contributed by atoms with van der Waals surface area (Å²) in [6.07, 6.45) is 3.50. The topological polar surface area (TPSA) is 90.9 Å². The van der Waals surface area contributed by atoms with E-state index in [2.05, 4.69) is 31.5 Å². The van der Waals surface area contributed by atoms with Crippen molar-refractivity contribution in [2.45, 2.75) is 26.3 Å². The Morgan fingerprint density at radius 2 is 2.26 bits per heavy atom. The van der Waals surface area contributed by atoms with Crippen LogP contribution in [0.5, 0.6) is 0 Å². The van der Waals surface area contributed by atoms with Crippen LogP contribution < -0.4 is 5.32 Å². The summed E-state index contributed by atoms with van der Waals surface area (Å²) < 4.78 is 5.57. The maximum atomic E-state index is 8.77. The van der Waals surface area contributed by atoms with E-state index in [0.717, 1.165) is 44.8 Å². The van der Waals surface area contributed by atoms with Gasteiger partial charge in [-0.15, -0.1) is 10.2 Å². The molecule has 120 valence electrons. The second-order valence-corrected chi connectivity index (χ2v) is 5.76. The van der Waals surface area contributed by atoms with E-state index in [4.69, 9.17) is 9.68 Å². The number of nitrogens with zero attached hydrogens (tertiary/aromatic N) is 5. The summed E-state index contributed by atoms with van der Waals surface area (Å²) in [6.45, 7) is 5.65. The SMILES string of the molecule is CCc1nnc(CN2CC[C@H](CNc3ccc(C#N)cn3)C2)o1. The van der Waals surface area contributed by atoms with Crippen LogP contribution in [0.15, 0.2) is 22.7 Å². The van der Waals surface area contributed by atoms with Gasteiger partial charge in [-0.1, -0.05) is 6.92 Å². The predicted octanol–water partition coefficient (Wildman–Crippen LogP) is 1.83. The zero-order valence-electron chi connectivity index (χ0n) is 13.2. The van der Waals surface area contributed by atoms with Crippen LogP contribution in [-0.2, 0) is 13.0 Å². The summed E-state index contributed by atoms with van der Waals surface area (Å²) in [5, 5.41) is 20.2. The van der Waals surface area contributed by atoms with Gasteiger partial charge >= 0.3 is 0 Å². The van der Waals surface area contributed by atoms with Crippen LogP contribution in [-0.4, -0.2) is 39.7 Å². The number of nitrogens with one attached hydrogen (secondary N) is 1. The zero-order valence-corrected chi connectivity index (χ0v) is 13.2. The van der Waals surface area contributed by atoms with Crippen LogP contribution in [0.3, 0.4) is 0 Å². The first-order valence-electron chi connectivity index (χ1n) is 7.90. The molecule has 1 aliphatic rings. The Hall–Kier alpha value is -2.46. The molecule has 7 nitrogen and oxygen atoms in total. The summed E-state index contributed by atoms with van der Waals surface area (Å²) >= 11 is 0. The van der Waals surface area contributed by atoms with Gasteiger partial charge in [0.1, 0.15) is 11.9 Å². The third kappa shape index (κ3) is 4.05. The van der Waals surface area contributed by atoms with Crippen molar-refractivity contribution in [3.8, 4) is 6.07 Å². The van der Waals surface area contributed by atoms with Crippen LogP contribution in [0.2, 0.25) is 0 Å². The van der Waals surface area contributed by atoms with Crippen molar-refractivity contribution < 1.29 is 4.42 Å². The van der Waals surface area contributed by atoms with Gasteiger partial charge in [-0.05, 0) is 31.0 Å². The molecule has 0 bridgehead atoms. The van der Waals surface area contributed by atoms with Gasteiger partial charge in [-0.3, -0.25) is 4.90 Å². The lowest BCUT2D eigenvalue weighted by molar-refractivity contribution is 0.278. The van der Waals surface area contributed by atoms with Crippen LogP contribution in [0.25, 0.3) is 0 Å². The molecule has 0 aromatic carbocycles. The maximum Gasteiger partial charge on any atom is 0.230 e. The van der Waals surface area contributed by atoms with E-state index in [-0.39, 0.29) is 0 Å². The van der Waals surface area contributed by atoms with Gasteiger partial charge in [0, 0.05) is 25.7 Å². The highest BCUT2D eigenvalue weighted by Gasteiger charge is 2.23. The molecule has 1 aliphatic heterocycles. The lowest BCUT2D eigenvalue weighted by Gasteiger charge is -2.14. The smallest absolute Gasteiger partial charge is 0.230 e. The van der Waals surface area contributed by atoms with E-state index < -0.39 is 0 Å². The fraction of sp³-hybridized carbons (Fsp3) is 0.500. The third-order valence-electron chi connectivity index (χ3n) is 4.00. The Labute approximate surface area is 135 Å². The monoisotopic (exact) mass is 312 g/mol. The van der Waals surface area contributed by atoms with E-state index in [1.807, 2.05) is 13.0 Å². The first-order valence-corrected chi connectivity index (χ1v) is 7.90. The Balaban J connectivity index is 1.45. The molecule has 0 saturated carbocycles. The van der Waals surface area contributed by atoms with Gasteiger partial charge in [-0.2, -0.15) is 5.26 Å². The normalized spacial score (nSPS) is 18.0. The molecule has 2 aromatic heterocycles.